The molecule has 0 aliphatic rings. The summed E-state index contributed by atoms with van der Waals surface area (Å²) in [5.74, 6) is -0.263. The third kappa shape index (κ3) is 29.7. The number of hydrogen-bond acceptors (Lipinski definition) is 13. The number of aromatic nitrogens is 2. The Morgan fingerprint density at radius 1 is 0.965 bits per heavy atom. The standard InChI is InChI=1S/C20H25N7O4.C7H14N2O2.C6H14NOP.C5H12O/c1-3-5-14(19(30)31)25-17(28)12-6-8-13(9-7-12)23-10-4-11-24-16-15(22-2)18(29)27-20(21)26-16;1-2-8-4-5-9-7(11)3-6-10;1-5(2)3-4-7-6(8)9;1-5(2)3-4-6/h6-9,11,14,23H,2-5,10H2,1H3,(H,25,28)(H,30,31)(H3,21,26,27,29);2,8,10H,1,3-6H2,(H,9,11);5H,3-4,9H2,1-2H3,(H,7,8);5-6H,3-4H2,1-2H3/b24-11-;;;. The number of aromatic amines is 1. The van der Waals surface area contributed by atoms with Gasteiger partial charge in [-0.2, -0.15) is 4.98 Å². The van der Waals surface area contributed by atoms with Crippen molar-refractivity contribution in [3.05, 3.63) is 53.0 Å². The average Bonchev–Trinajstić information content (AvgIpc) is 3.13. The lowest BCUT2D eigenvalue weighted by atomic mass is 10.1. The molecule has 57 heavy (non-hydrogen) atoms. The number of nitrogens with one attached hydrogen (secondary N) is 6. The number of aliphatic hydroxyl groups excluding tert-OH is 2. The number of amides is 3. The molecule has 0 aliphatic heterocycles. The average molecular weight is 821 g/mol. The fraction of sp³-hybridized carbons (Fsp3) is 0.526. The minimum absolute atomic E-state index is 0.00338. The first-order valence-corrected chi connectivity index (χ1v) is 19.3. The molecule has 1 aromatic heterocycles. The highest BCUT2D eigenvalue weighted by molar-refractivity contribution is 7.39. The van der Waals surface area contributed by atoms with E-state index in [0.29, 0.717) is 62.9 Å². The van der Waals surface area contributed by atoms with E-state index in [1.54, 1.807) is 36.7 Å². The SMILES string of the molecule is C=CNCCNC(=O)CCO.C=Nc1c(/N=C\CCNc2ccc(C(=O)NC(CCC)C(=O)O)cc2)nc(N)[nH]c1=O.CC(C)CCNC(=O)P.CC(C)CCO. The highest BCUT2D eigenvalue weighted by atomic mass is 31.0. The van der Waals surface area contributed by atoms with Crippen molar-refractivity contribution in [3.63, 3.8) is 0 Å². The van der Waals surface area contributed by atoms with Crippen molar-refractivity contribution in [2.45, 2.75) is 79.2 Å². The van der Waals surface area contributed by atoms with E-state index >= 15 is 0 Å². The number of carboxylic acid groups (broad SMARTS) is 1. The zero-order valence-corrected chi connectivity index (χ0v) is 35.1. The number of carbonyl (C=O) groups excluding carboxylic acids is 3. The van der Waals surface area contributed by atoms with Crippen LogP contribution >= 0.6 is 9.24 Å². The summed E-state index contributed by atoms with van der Waals surface area (Å²) in [6, 6.07) is 5.76. The third-order valence-corrected chi connectivity index (χ3v) is 7.20. The number of aliphatic hydroxyl groups is 2. The van der Waals surface area contributed by atoms with Gasteiger partial charge in [-0.15, -0.1) is 0 Å². The number of aliphatic carboxylic acids is 1. The van der Waals surface area contributed by atoms with Gasteiger partial charge in [0.25, 0.3) is 11.5 Å². The summed E-state index contributed by atoms with van der Waals surface area (Å²) in [6.45, 7) is 19.9. The second kappa shape index (κ2) is 34.1. The summed E-state index contributed by atoms with van der Waals surface area (Å²) in [7, 11) is 2.09. The van der Waals surface area contributed by atoms with Crippen LogP contribution in [0.25, 0.3) is 0 Å². The molecule has 1 heterocycles. The number of anilines is 2. The van der Waals surface area contributed by atoms with E-state index in [1.807, 2.05) is 6.92 Å². The van der Waals surface area contributed by atoms with Gasteiger partial charge >= 0.3 is 5.97 Å². The van der Waals surface area contributed by atoms with Crippen molar-refractivity contribution in [2.75, 3.05) is 50.4 Å². The Hall–Kier alpha value is -5.19. The molecule has 0 saturated carbocycles. The van der Waals surface area contributed by atoms with Crippen LogP contribution < -0.4 is 37.9 Å². The summed E-state index contributed by atoms with van der Waals surface area (Å²) < 4.78 is 0. The number of rotatable bonds is 22. The van der Waals surface area contributed by atoms with Crippen molar-refractivity contribution >= 4 is 68.7 Å². The zero-order chi connectivity index (χ0) is 43.6. The highest BCUT2D eigenvalue weighted by Crippen LogP contribution is 2.20. The smallest absolute Gasteiger partial charge is 0.326 e. The van der Waals surface area contributed by atoms with Gasteiger partial charge in [0.1, 0.15) is 6.04 Å². The molecule has 0 spiro atoms. The van der Waals surface area contributed by atoms with Gasteiger partial charge in [0.2, 0.25) is 17.5 Å². The second-order valence-corrected chi connectivity index (χ2v) is 13.4. The molecular formula is C38H65N10O8P. The van der Waals surface area contributed by atoms with Gasteiger partial charge in [-0.1, -0.05) is 47.6 Å². The molecule has 0 bridgehead atoms. The van der Waals surface area contributed by atoms with Crippen molar-refractivity contribution in [3.8, 4) is 0 Å². The molecule has 11 N–H and O–H groups in total. The maximum absolute atomic E-state index is 12.2. The van der Waals surface area contributed by atoms with Gasteiger partial charge in [-0.3, -0.25) is 29.2 Å². The van der Waals surface area contributed by atoms with Crippen LogP contribution in [-0.4, -0.2) is 107 Å². The van der Waals surface area contributed by atoms with E-state index in [4.69, 9.17) is 21.1 Å². The van der Waals surface area contributed by atoms with Crippen LogP contribution in [0.1, 0.15) is 83.5 Å². The van der Waals surface area contributed by atoms with Gasteiger partial charge in [-0.05, 0) is 77.5 Å². The van der Waals surface area contributed by atoms with E-state index < -0.39 is 23.5 Å². The Kier molecular flexibility index (Phi) is 32.2. The fourth-order valence-electron chi connectivity index (χ4n) is 3.97. The minimum atomic E-state index is -1.05. The number of carbonyl (C=O) groups is 4. The Morgan fingerprint density at radius 3 is 2.11 bits per heavy atom. The zero-order valence-electron chi connectivity index (χ0n) is 34.0. The lowest BCUT2D eigenvalue weighted by Crippen LogP contribution is -2.40. The van der Waals surface area contributed by atoms with Gasteiger partial charge in [0.05, 0.1) is 6.61 Å². The van der Waals surface area contributed by atoms with E-state index in [-0.39, 0.29) is 42.0 Å². The number of nitrogens with zero attached hydrogens (tertiary/aromatic N) is 3. The second-order valence-electron chi connectivity index (χ2n) is 12.9. The first-order valence-electron chi connectivity index (χ1n) is 18.7. The van der Waals surface area contributed by atoms with Crippen LogP contribution in [-0.2, 0) is 9.59 Å². The summed E-state index contributed by atoms with van der Waals surface area (Å²) in [5.41, 5.74) is 6.12. The summed E-state index contributed by atoms with van der Waals surface area (Å²) in [5, 5.41) is 39.5. The highest BCUT2D eigenvalue weighted by Gasteiger charge is 2.19. The molecule has 0 radical (unpaired) electrons. The predicted molar refractivity (Wildman–Crippen MR) is 232 cm³/mol. The molecule has 3 amide bonds. The lowest BCUT2D eigenvalue weighted by Gasteiger charge is -2.13. The molecule has 18 nitrogen and oxygen atoms in total. The number of nitrogens with two attached hydrogens (primary N) is 1. The van der Waals surface area contributed by atoms with Crippen molar-refractivity contribution in [1.82, 2.24) is 31.2 Å². The lowest BCUT2D eigenvalue weighted by molar-refractivity contribution is -0.139. The van der Waals surface area contributed by atoms with Crippen LogP contribution in [0.5, 0.6) is 0 Å². The van der Waals surface area contributed by atoms with Gasteiger partial charge in [0, 0.05) is 63.1 Å². The third-order valence-electron chi connectivity index (χ3n) is 7.00. The molecule has 2 unspecified atom stereocenters. The topological polar surface area (TPSA) is 286 Å². The maximum atomic E-state index is 12.2. The normalized spacial score (nSPS) is 10.7. The number of nitrogen functional groups attached to an aromatic ring is 1. The molecule has 0 aliphatic carbocycles. The van der Waals surface area contributed by atoms with Crippen LogP contribution in [0.15, 0.2) is 51.8 Å². The Labute approximate surface area is 338 Å². The summed E-state index contributed by atoms with van der Waals surface area (Å²) in [4.78, 5) is 70.0. The van der Waals surface area contributed by atoms with Crippen LogP contribution in [0.3, 0.4) is 0 Å². The molecule has 2 rings (SSSR count). The molecular weight excluding hydrogens is 755 g/mol. The van der Waals surface area contributed by atoms with E-state index in [1.165, 1.54) is 0 Å². The number of aliphatic imine (C=N–C) groups is 2. The largest absolute Gasteiger partial charge is 0.480 e. The van der Waals surface area contributed by atoms with E-state index in [0.717, 1.165) is 25.1 Å². The maximum Gasteiger partial charge on any atom is 0.326 e. The predicted octanol–water partition coefficient (Wildman–Crippen LogP) is 3.73. The number of hydrogen-bond donors (Lipinski definition) is 10. The molecule has 0 saturated heterocycles. The minimum Gasteiger partial charge on any atom is -0.480 e. The van der Waals surface area contributed by atoms with Crippen LogP contribution in [0.4, 0.5) is 27.9 Å². The van der Waals surface area contributed by atoms with Crippen LogP contribution in [0.2, 0.25) is 0 Å². The number of H-pyrrole nitrogens is 1. The summed E-state index contributed by atoms with van der Waals surface area (Å²) >= 11 is 0. The molecule has 19 heteroatoms. The molecule has 1 aromatic carbocycles. The van der Waals surface area contributed by atoms with Gasteiger partial charge < -0.3 is 47.6 Å². The Balaban J connectivity index is 0. The summed E-state index contributed by atoms with van der Waals surface area (Å²) in [6.07, 6.45) is 6.84. The Morgan fingerprint density at radius 2 is 1.61 bits per heavy atom. The molecule has 320 valence electrons. The van der Waals surface area contributed by atoms with Crippen LogP contribution in [0, 0.1) is 11.8 Å². The Bertz CT molecular complexity index is 1550. The van der Waals surface area contributed by atoms with Crippen molar-refractivity contribution < 1.29 is 34.5 Å². The quantitative estimate of drug-likeness (QED) is 0.0462. The first kappa shape index (κ1) is 53.9. The van der Waals surface area contributed by atoms with Gasteiger partial charge in [-0.25, -0.2) is 9.79 Å². The van der Waals surface area contributed by atoms with Crippen molar-refractivity contribution in [1.29, 1.82) is 0 Å². The first-order chi connectivity index (χ1) is 27.1. The van der Waals surface area contributed by atoms with E-state index in [2.05, 4.69) is 96.8 Å². The van der Waals surface area contributed by atoms with Gasteiger partial charge in [0.15, 0.2) is 11.5 Å². The van der Waals surface area contributed by atoms with E-state index in [9.17, 15) is 24.0 Å². The number of carboxylic acids is 1. The van der Waals surface area contributed by atoms with Crippen molar-refractivity contribution in [2.24, 2.45) is 21.8 Å². The monoisotopic (exact) mass is 820 g/mol. The molecule has 2 atom stereocenters. The number of benzene rings is 1. The molecule has 0 fully saturated rings. The fourth-order valence-corrected chi connectivity index (χ4v) is 4.12. The molecule has 2 aromatic rings.